The van der Waals surface area contributed by atoms with E-state index in [1.54, 1.807) is 0 Å². The van der Waals surface area contributed by atoms with Crippen molar-refractivity contribution >= 4 is 5.91 Å². The molecule has 2 fully saturated rings. The Hall–Kier alpha value is -2.05. The normalized spacial score (nSPS) is 22.8. The number of unbranched alkanes of at least 4 members (excludes halogenated alkanes) is 45. The van der Waals surface area contributed by atoms with Crippen LogP contribution in [-0.2, 0) is 23.7 Å². The summed E-state index contributed by atoms with van der Waals surface area (Å²) >= 11 is 0. The van der Waals surface area contributed by atoms with Crippen LogP contribution in [0.2, 0.25) is 0 Å². The fraction of sp³-hybridized carbons (Fsp3) is 0.886. The number of aliphatic hydroxyl groups excluding tert-OH is 8. The molecular formula is C79H147NO13. The van der Waals surface area contributed by atoms with Gasteiger partial charge in [-0.15, -0.1) is 0 Å². The summed E-state index contributed by atoms with van der Waals surface area (Å²) in [6.45, 7) is 2.80. The molecule has 0 aliphatic carbocycles. The number of amides is 1. The van der Waals surface area contributed by atoms with E-state index in [4.69, 9.17) is 18.9 Å². The third-order valence-corrected chi connectivity index (χ3v) is 19.3. The molecule has 0 aromatic heterocycles. The van der Waals surface area contributed by atoms with Crippen LogP contribution in [0.25, 0.3) is 0 Å². The van der Waals surface area contributed by atoms with Gasteiger partial charge in [-0.25, -0.2) is 0 Å². The molecule has 0 radical (unpaired) electrons. The third kappa shape index (κ3) is 46.8. The van der Waals surface area contributed by atoms with Crippen LogP contribution in [-0.4, -0.2) is 140 Å². The molecule has 93 heavy (non-hydrogen) atoms. The minimum absolute atomic E-state index is 0.199. The van der Waals surface area contributed by atoms with Crippen LogP contribution in [0, 0.1) is 0 Å². The Bertz CT molecular complexity index is 1750. The van der Waals surface area contributed by atoms with Gasteiger partial charge in [-0.2, -0.15) is 0 Å². The molecule has 1 amide bonds. The number of nitrogens with one attached hydrogen (secondary N) is 1. The molecule has 0 bridgehead atoms. The van der Waals surface area contributed by atoms with Crippen LogP contribution >= 0.6 is 0 Å². The van der Waals surface area contributed by atoms with Gasteiger partial charge in [0.25, 0.3) is 0 Å². The number of allylic oxidation sites excluding steroid dienone is 8. The molecule has 0 aromatic carbocycles. The van der Waals surface area contributed by atoms with E-state index in [2.05, 4.69) is 67.8 Å². The van der Waals surface area contributed by atoms with Crippen LogP contribution in [0.15, 0.2) is 48.6 Å². The highest BCUT2D eigenvalue weighted by Gasteiger charge is 2.51. The zero-order chi connectivity index (χ0) is 67.3. The average molecular weight is 1320 g/mol. The summed E-state index contributed by atoms with van der Waals surface area (Å²) in [6.07, 6.45) is 67.4. The summed E-state index contributed by atoms with van der Waals surface area (Å²) in [5.74, 6) is -0.199. The molecule has 0 aromatic rings. The van der Waals surface area contributed by atoms with Crippen molar-refractivity contribution in [3.05, 3.63) is 48.6 Å². The maximum Gasteiger partial charge on any atom is 0.220 e. The maximum absolute atomic E-state index is 13.4. The fourth-order valence-corrected chi connectivity index (χ4v) is 13.1. The van der Waals surface area contributed by atoms with Gasteiger partial charge in [0, 0.05) is 6.42 Å². The van der Waals surface area contributed by atoms with Gasteiger partial charge in [0.1, 0.15) is 48.8 Å². The van der Waals surface area contributed by atoms with Crippen molar-refractivity contribution < 1.29 is 64.6 Å². The van der Waals surface area contributed by atoms with Gasteiger partial charge in [-0.05, 0) is 51.4 Å². The minimum atomic E-state index is -1.78. The fourth-order valence-electron chi connectivity index (χ4n) is 13.1. The van der Waals surface area contributed by atoms with Crippen molar-refractivity contribution in [2.75, 3.05) is 19.8 Å². The van der Waals surface area contributed by atoms with E-state index < -0.39 is 86.8 Å². The lowest BCUT2D eigenvalue weighted by Crippen LogP contribution is -2.65. The summed E-state index contributed by atoms with van der Waals surface area (Å²) in [5.41, 5.74) is 0. The van der Waals surface area contributed by atoms with E-state index in [0.29, 0.717) is 12.8 Å². The lowest BCUT2D eigenvalue weighted by molar-refractivity contribution is -0.359. The first-order valence-electron chi connectivity index (χ1n) is 39.4. The number of ether oxygens (including phenoxy) is 4. The Kier molecular flexibility index (Phi) is 59.3. The number of aliphatic hydroxyl groups is 8. The standard InChI is InChI=1S/C79H147NO13/c1-3-5-7-9-11-13-15-17-19-21-23-24-25-26-27-28-29-30-31-32-33-34-35-36-37-38-39-40-41-42-43-44-45-47-49-51-53-55-57-59-61-63-71(84)80-67(68(83)62-60-58-56-54-52-50-48-46-22-20-18-16-14-12-10-8-6-4-2)66-90-78-76(89)74(87)77(70(65-82)92-78)93-79-75(88)73(86)72(85)69(64-81)91-79/h5,7,11,13,17,19,23-24,67-70,72-79,81-83,85-89H,3-4,6,8-10,12,14-16,18,20-22,25-66H2,1-2H3,(H,80,84)/b7-5-,13-11-,19-17-,24-23-. The van der Waals surface area contributed by atoms with E-state index in [1.807, 2.05) is 0 Å². The summed E-state index contributed by atoms with van der Waals surface area (Å²) in [5, 5.41) is 87.7. The summed E-state index contributed by atoms with van der Waals surface area (Å²) < 4.78 is 22.9. The van der Waals surface area contributed by atoms with Gasteiger partial charge >= 0.3 is 0 Å². The molecule has 12 atom stereocenters. The summed E-state index contributed by atoms with van der Waals surface area (Å²) in [6, 6.07) is -0.827. The predicted octanol–water partition coefficient (Wildman–Crippen LogP) is 17.4. The molecule has 2 heterocycles. The van der Waals surface area contributed by atoms with Crippen LogP contribution in [0.5, 0.6) is 0 Å². The highest BCUT2D eigenvalue weighted by atomic mass is 16.7. The quantitative estimate of drug-likeness (QED) is 0.0204. The summed E-state index contributed by atoms with van der Waals surface area (Å²) in [7, 11) is 0. The van der Waals surface area contributed by atoms with E-state index in [-0.39, 0.29) is 12.5 Å². The first-order chi connectivity index (χ1) is 45.6. The largest absolute Gasteiger partial charge is 0.394 e. The van der Waals surface area contributed by atoms with Gasteiger partial charge in [-0.1, -0.05) is 345 Å². The minimum Gasteiger partial charge on any atom is -0.394 e. The van der Waals surface area contributed by atoms with Gasteiger partial charge < -0.3 is 65.1 Å². The second kappa shape index (κ2) is 63.4. The Balaban J connectivity index is 1.54. The van der Waals surface area contributed by atoms with Crippen molar-refractivity contribution in [3.63, 3.8) is 0 Å². The van der Waals surface area contributed by atoms with E-state index in [0.717, 1.165) is 77.0 Å². The zero-order valence-corrected chi connectivity index (χ0v) is 59.8. The van der Waals surface area contributed by atoms with Gasteiger partial charge in [0.05, 0.1) is 32.0 Å². The van der Waals surface area contributed by atoms with Crippen LogP contribution in [0.4, 0.5) is 0 Å². The topological polar surface area (TPSA) is 228 Å². The lowest BCUT2D eigenvalue weighted by Gasteiger charge is -2.46. The SMILES string of the molecule is CC/C=C\C/C=C\C/C=C\C/C=C\CCCCCCCCCCCCCCCCCCCCCCCCCCCCCCC(=O)NC(COC1OC(CO)C(OC2OC(CO)C(O)C(O)C2O)C(O)C1O)C(O)CCCCCCCCCCCCCCCCCCCC. The van der Waals surface area contributed by atoms with Crippen molar-refractivity contribution in [1.29, 1.82) is 0 Å². The van der Waals surface area contributed by atoms with Gasteiger partial charge in [-0.3, -0.25) is 4.79 Å². The number of rotatable bonds is 66. The van der Waals surface area contributed by atoms with Gasteiger partial charge in [0.15, 0.2) is 12.6 Å². The predicted molar refractivity (Wildman–Crippen MR) is 383 cm³/mol. The molecule has 0 spiro atoms. The second-order valence-electron chi connectivity index (χ2n) is 27.8. The first-order valence-corrected chi connectivity index (χ1v) is 39.4. The monoisotopic (exact) mass is 1320 g/mol. The molecule has 14 nitrogen and oxygen atoms in total. The highest BCUT2D eigenvalue weighted by Crippen LogP contribution is 2.30. The molecule has 2 aliphatic rings. The van der Waals surface area contributed by atoms with Crippen molar-refractivity contribution in [1.82, 2.24) is 5.32 Å². The molecule has 12 unspecified atom stereocenters. The Morgan fingerprint density at radius 1 is 0.398 bits per heavy atom. The van der Waals surface area contributed by atoms with Crippen LogP contribution < -0.4 is 5.32 Å². The Labute approximate surface area is 569 Å². The molecule has 2 saturated heterocycles. The first kappa shape index (κ1) is 87.0. The second-order valence-corrected chi connectivity index (χ2v) is 27.8. The van der Waals surface area contributed by atoms with E-state index in [9.17, 15) is 45.6 Å². The van der Waals surface area contributed by atoms with Crippen molar-refractivity contribution in [2.24, 2.45) is 0 Å². The van der Waals surface area contributed by atoms with Crippen molar-refractivity contribution in [2.45, 2.75) is 428 Å². The van der Waals surface area contributed by atoms with Crippen LogP contribution in [0.3, 0.4) is 0 Å². The number of carbonyl (C=O) groups is 1. The Morgan fingerprint density at radius 3 is 1.14 bits per heavy atom. The molecule has 0 saturated carbocycles. The third-order valence-electron chi connectivity index (χ3n) is 19.3. The molecule has 2 aliphatic heterocycles. The van der Waals surface area contributed by atoms with Gasteiger partial charge in [0.2, 0.25) is 5.91 Å². The average Bonchev–Trinajstić information content (AvgIpc) is 0.958. The molecular weight excluding hydrogens is 1170 g/mol. The lowest BCUT2D eigenvalue weighted by atomic mass is 9.97. The number of hydrogen-bond donors (Lipinski definition) is 9. The van der Waals surface area contributed by atoms with Crippen LogP contribution in [0.1, 0.15) is 354 Å². The number of carbonyl (C=O) groups excluding carboxylic acids is 1. The molecule has 2 rings (SSSR count). The van der Waals surface area contributed by atoms with Crippen molar-refractivity contribution in [3.8, 4) is 0 Å². The summed E-state index contributed by atoms with van der Waals surface area (Å²) in [4.78, 5) is 13.4. The maximum atomic E-state index is 13.4. The molecule has 14 heteroatoms. The smallest absolute Gasteiger partial charge is 0.220 e. The zero-order valence-electron chi connectivity index (χ0n) is 59.8. The van der Waals surface area contributed by atoms with E-state index >= 15 is 0 Å². The Morgan fingerprint density at radius 2 is 0.742 bits per heavy atom. The molecule has 546 valence electrons. The number of hydrogen-bond acceptors (Lipinski definition) is 13. The highest BCUT2D eigenvalue weighted by molar-refractivity contribution is 5.76. The van der Waals surface area contributed by atoms with E-state index in [1.165, 1.54) is 250 Å². The molecule has 9 N–H and O–H groups in total.